The molecule has 0 spiro atoms. The lowest BCUT2D eigenvalue weighted by molar-refractivity contribution is -0.137. The predicted octanol–water partition coefficient (Wildman–Crippen LogP) is 4.62. The average Bonchev–Trinajstić information content (AvgIpc) is 2.92. The number of piperazine rings is 1. The molecule has 1 saturated heterocycles. The molecule has 3 aromatic rings. The maximum Gasteiger partial charge on any atom is 0.416 e. The van der Waals surface area contributed by atoms with Crippen molar-refractivity contribution < 1.29 is 30.8 Å². The van der Waals surface area contributed by atoms with E-state index in [1.807, 2.05) is 4.90 Å². The first-order valence-corrected chi connectivity index (χ1v) is 13.5. The van der Waals surface area contributed by atoms with Crippen molar-refractivity contribution in [3.8, 4) is 0 Å². The van der Waals surface area contributed by atoms with E-state index in [4.69, 9.17) is 0 Å². The fraction of sp³-hybridized carbons (Fsp3) is 0.296. The molecule has 1 aliphatic rings. The quantitative estimate of drug-likeness (QED) is 0.393. The highest BCUT2D eigenvalue weighted by Crippen LogP contribution is 2.32. The third kappa shape index (κ3) is 6.34. The Bertz CT molecular complexity index is 1420. The van der Waals surface area contributed by atoms with Crippen molar-refractivity contribution in [3.63, 3.8) is 0 Å². The molecule has 1 heterocycles. The Morgan fingerprint density at radius 2 is 1.54 bits per heavy atom. The number of amides is 1. The lowest BCUT2D eigenvalue weighted by Crippen LogP contribution is -2.48. The van der Waals surface area contributed by atoms with E-state index in [0.29, 0.717) is 43.0 Å². The van der Waals surface area contributed by atoms with Gasteiger partial charge in [-0.2, -0.15) is 25.9 Å². The van der Waals surface area contributed by atoms with Gasteiger partial charge >= 0.3 is 16.4 Å². The number of carbonyl (C=O) groups excluding carboxylic acids is 1. The third-order valence-corrected chi connectivity index (χ3v) is 8.30. The summed E-state index contributed by atoms with van der Waals surface area (Å²) in [6.45, 7) is 1.28. The summed E-state index contributed by atoms with van der Waals surface area (Å²) in [6, 6.07) is 17.1. The number of halogens is 4. The molecule has 0 aromatic heterocycles. The summed E-state index contributed by atoms with van der Waals surface area (Å²) in [5, 5.41) is 0. The molecule has 1 amide bonds. The molecular formula is C27H28F4N4O3S. The van der Waals surface area contributed by atoms with Crippen LogP contribution in [0.5, 0.6) is 0 Å². The summed E-state index contributed by atoms with van der Waals surface area (Å²) in [7, 11) is -1.29. The predicted molar refractivity (Wildman–Crippen MR) is 141 cm³/mol. The van der Waals surface area contributed by atoms with E-state index in [1.54, 1.807) is 41.3 Å². The summed E-state index contributed by atoms with van der Waals surface area (Å²) in [5.74, 6) is -0.920. The number of carbonyl (C=O) groups is 1. The van der Waals surface area contributed by atoms with Gasteiger partial charge < -0.3 is 9.80 Å². The zero-order chi connectivity index (χ0) is 28.4. The van der Waals surface area contributed by atoms with Crippen LogP contribution in [0.1, 0.15) is 21.5 Å². The fourth-order valence-corrected chi connectivity index (χ4v) is 5.39. The Kier molecular flexibility index (Phi) is 8.17. The van der Waals surface area contributed by atoms with Crippen LogP contribution in [0.2, 0.25) is 0 Å². The van der Waals surface area contributed by atoms with Crippen LogP contribution in [-0.2, 0) is 22.9 Å². The summed E-state index contributed by atoms with van der Waals surface area (Å²) >= 11 is 0. The second-order valence-corrected chi connectivity index (χ2v) is 11.3. The maximum atomic E-state index is 14.5. The number of rotatable bonds is 7. The number of alkyl halides is 3. The van der Waals surface area contributed by atoms with E-state index in [1.165, 1.54) is 38.4 Å². The van der Waals surface area contributed by atoms with Crippen LogP contribution in [0.15, 0.2) is 72.8 Å². The van der Waals surface area contributed by atoms with Crippen LogP contribution in [0, 0.1) is 5.82 Å². The van der Waals surface area contributed by atoms with Gasteiger partial charge in [-0.15, -0.1) is 0 Å². The first-order valence-electron chi connectivity index (χ1n) is 12.1. The zero-order valence-electron chi connectivity index (χ0n) is 21.4. The largest absolute Gasteiger partial charge is 0.416 e. The number of hydrogen-bond acceptors (Lipinski definition) is 4. The highest BCUT2D eigenvalue weighted by molar-refractivity contribution is 7.90. The molecule has 0 unspecified atom stereocenters. The molecule has 3 aromatic carbocycles. The molecule has 0 aliphatic carbocycles. The van der Waals surface area contributed by atoms with E-state index in [9.17, 15) is 30.8 Å². The molecule has 39 heavy (non-hydrogen) atoms. The van der Waals surface area contributed by atoms with Crippen molar-refractivity contribution in [2.75, 3.05) is 49.5 Å². The number of benzene rings is 3. The molecule has 0 saturated carbocycles. The molecule has 0 bridgehead atoms. The smallest absolute Gasteiger partial charge is 0.368 e. The molecule has 0 radical (unpaired) electrons. The number of anilines is 2. The van der Waals surface area contributed by atoms with Crippen LogP contribution < -0.4 is 9.21 Å². The lowest BCUT2D eigenvalue weighted by atomic mass is 10.1. The van der Waals surface area contributed by atoms with Gasteiger partial charge in [-0.25, -0.2) is 4.39 Å². The Balaban J connectivity index is 1.44. The Hall–Kier alpha value is -3.64. The van der Waals surface area contributed by atoms with Gasteiger partial charge in [0.2, 0.25) is 0 Å². The summed E-state index contributed by atoms with van der Waals surface area (Å²) in [6.07, 6.45) is -4.43. The Morgan fingerprint density at radius 3 is 2.13 bits per heavy atom. The van der Waals surface area contributed by atoms with E-state index in [-0.39, 0.29) is 18.1 Å². The van der Waals surface area contributed by atoms with Crippen molar-refractivity contribution in [1.82, 2.24) is 9.21 Å². The second kappa shape index (κ2) is 11.2. The van der Waals surface area contributed by atoms with E-state index < -0.39 is 27.8 Å². The maximum absolute atomic E-state index is 14.5. The van der Waals surface area contributed by atoms with Crippen LogP contribution in [-0.4, -0.2) is 63.8 Å². The molecule has 0 atom stereocenters. The van der Waals surface area contributed by atoms with Crippen molar-refractivity contribution in [3.05, 3.63) is 95.3 Å². The standard InChI is InChI=1S/C27H28F4N4O3S/c1-32(2)39(37,38)35(25-9-4-3-8-24(25)28)19-20-10-12-21(13-11-20)26(36)34-16-14-33(15-17-34)23-7-5-6-22(18-23)27(29,30)31/h3-13,18H,14-17,19H2,1-2H3. The molecule has 1 aliphatic heterocycles. The molecule has 208 valence electrons. The normalized spacial score (nSPS) is 14.5. The van der Waals surface area contributed by atoms with Crippen molar-refractivity contribution >= 4 is 27.5 Å². The first-order chi connectivity index (χ1) is 18.4. The molecular weight excluding hydrogens is 536 g/mol. The number of para-hydroxylation sites is 1. The van der Waals surface area contributed by atoms with Gasteiger partial charge in [-0.1, -0.05) is 30.3 Å². The SMILES string of the molecule is CN(C)S(=O)(=O)N(Cc1ccc(C(=O)N2CCN(c3cccc(C(F)(F)F)c3)CC2)cc1)c1ccccc1F. The van der Waals surface area contributed by atoms with Gasteiger partial charge in [0.15, 0.2) is 0 Å². The summed E-state index contributed by atoms with van der Waals surface area (Å²) < 4.78 is 81.5. The number of hydrogen-bond donors (Lipinski definition) is 0. The van der Waals surface area contributed by atoms with Gasteiger partial charge in [-0.3, -0.25) is 9.10 Å². The lowest BCUT2D eigenvalue weighted by Gasteiger charge is -2.36. The molecule has 12 heteroatoms. The minimum atomic E-state index is -4.43. The van der Waals surface area contributed by atoms with Crippen molar-refractivity contribution in [1.29, 1.82) is 0 Å². The van der Waals surface area contributed by atoms with Crippen LogP contribution in [0.25, 0.3) is 0 Å². The van der Waals surface area contributed by atoms with Gasteiger partial charge in [0, 0.05) is 51.5 Å². The summed E-state index contributed by atoms with van der Waals surface area (Å²) in [4.78, 5) is 16.5. The van der Waals surface area contributed by atoms with Gasteiger partial charge in [0.05, 0.1) is 17.8 Å². The van der Waals surface area contributed by atoms with E-state index in [2.05, 4.69) is 0 Å². The topological polar surface area (TPSA) is 64.2 Å². The fourth-order valence-electron chi connectivity index (χ4n) is 4.29. The van der Waals surface area contributed by atoms with Crippen LogP contribution in [0.4, 0.5) is 28.9 Å². The number of nitrogens with zero attached hydrogens (tertiary/aromatic N) is 4. The van der Waals surface area contributed by atoms with E-state index >= 15 is 0 Å². The van der Waals surface area contributed by atoms with Gasteiger partial charge in [0.1, 0.15) is 5.82 Å². The molecule has 4 rings (SSSR count). The molecule has 1 fully saturated rings. The first kappa shape index (κ1) is 28.4. The monoisotopic (exact) mass is 564 g/mol. The highest BCUT2D eigenvalue weighted by atomic mass is 32.2. The Morgan fingerprint density at radius 1 is 0.897 bits per heavy atom. The van der Waals surface area contributed by atoms with Crippen molar-refractivity contribution in [2.24, 2.45) is 0 Å². The van der Waals surface area contributed by atoms with Crippen molar-refractivity contribution in [2.45, 2.75) is 12.7 Å². The molecule has 7 nitrogen and oxygen atoms in total. The van der Waals surface area contributed by atoms with Crippen LogP contribution in [0.3, 0.4) is 0 Å². The zero-order valence-corrected chi connectivity index (χ0v) is 22.2. The second-order valence-electron chi connectivity index (χ2n) is 9.27. The van der Waals surface area contributed by atoms with Gasteiger partial charge in [0.25, 0.3) is 5.91 Å². The van der Waals surface area contributed by atoms with E-state index in [0.717, 1.165) is 20.7 Å². The summed E-state index contributed by atoms with van der Waals surface area (Å²) in [5.41, 5.74) is 0.581. The Labute approximate surface area is 225 Å². The van der Waals surface area contributed by atoms with Crippen LogP contribution >= 0.6 is 0 Å². The highest BCUT2D eigenvalue weighted by Gasteiger charge is 2.31. The minimum absolute atomic E-state index is 0.0926. The third-order valence-electron chi connectivity index (χ3n) is 6.49. The minimum Gasteiger partial charge on any atom is -0.368 e. The average molecular weight is 565 g/mol. The molecule has 0 N–H and O–H groups in total. The van der Waals surface area contributed by atoms with Gasteiger partial charge in [-0.05, 0) is 48.0 Å².